The van der Waals surface area contributed by atoms with Crippen molar-refractivity contribution in [2.75, 3.05) is 26.7 Å². The van der Waals surface area contributed by atoms with Crippen LogP contribution in [0.2, 0.25) is 0 Å². The summed E-state index contributed by atoms with van der Waals surface area (Å²) in [7, 11) is 1.20. The molecule has 5 N–H and O–H groups in total. The quantitative estimate of drug-likeness (QED) is 0.0908. The van der Waals surface area contributed by atoms with E-state index < -0.39 is 36.1 Å². The smallest absolute Gasteiger partial charge is 0.407 e. The average Bonchev–Trinajstić information content (AvgIpc) is 4.00. The Morgan fingerprint density at radius 1 is 0.930 bits per heavy atom. The first-order chi connectivity index (χ1) is 27.2. The van der Waals surface area contributed by atoms with E-state index in [1.54, 1.807) is 17.3 Å². The SMILES string of the molecule is COC(=O)N[C@@H](CC(C)(C)F)C(=O)N1CCCC1c1ncc(-c2ccc(-c3ccc(-c4cnc([C@@H]5C[C@@H](F)CN5C(=O)CC(C)CCNC(=O)O)[nH]4)cc3)cc2)[nH]1. The molecule has 2 unspecified atom stereocenters. The number of aromatic nitrogens is 4. The molecule has 2 aromatic carbocycles. The third-order valence-electron chi connectivity index (χ3n) is 10.6. The van der Waals surface area contributed by atoms with Crippen LogP contribution in [0.4, 0.5) is 18.4 Å². The highest BCUT2D eigenvalue weighted by molar-refractivity contribution is 5.86. The molecule has 0 saturated carbocycles. The number of amides is 4. The van der Waals surface area contributed by atoms with E-state index in [1.807, 2.05) is 55.5 Å². The second-order valence-corrected chi connectivity index (χ2v) is 15.5. The van der Waals surface area contributed by atoms with Crippen LogP contribution in [0.1, 0.15) is 83.0 Å². The van der Waals surface area contributed by atoms with Gasteiger partial charge in [0, 0.05) is 32.4 Å². The zero-order chi connectivity index (χ0) is 40.9. The zero-order valence-corrected chi connectivity index (χ0v) is 32.6. The van der Waals surface area contributed by atoms with E-state index in [0.717, 1.165) is 40.1 Å². The fraction of sp³-hybridized carbons (Fsp3) is 0.463. The van der Waals surface area contributed by atoms with Crippen LogP contribution in [0.5, 0.6) is 0 Å². The minimum absolute atomic E-state index is 0.00577. The lowest BCUT2D eigenvalue weighted by Gasteiger charge is -2.30. The van der Waals surface area contributed by atoms with Crippen molar-refractivity contribution < 1.29 is 37.8 Å². The molecule has 4 aromatic rings. The number of aromatic amines is 2. The van der Waals surface area contributed by atoms with Crippen LogP contribution >= 0.6 is 0 Å². The van der Waals surface area contributed by atoms with E-state index in [0.29, 0.717) is 31.0 Å². The number of carbonyl (C=O) groups is 4. The molecule has 2 saturated heterocycles. The molecule has 0 radical (unpaired) electrons. The van der Waals surface area contributed by atoms with Gasteiger partial charge in [0.25, 0.3) is 0 Å². The Morgan fingerprint density at radius 2 is 1.49 bits per heavy atom. The van der Waals surface area contributed by atoms with Crippen LogP contribution < -0.4 is 10.6 Å². The van der Waals surface area contributed by atoms with Gasteiger partial charge in [-0.05, 0) is 61.3 Å². The summed E-state index contributed by atoms with van der Waals surface area (Å²) in [5.41, 5.74) is 3.59. The molecule has 304 valence electrons. The predicted molar refractivity (Wildman–Crippen MR) is 208 cm³/mol. The molecule has 0 spiro atoms. The topological polar surface area (TPSA) is 186 Å². The van der Waals surface area contributed by atoms with Crippen LogP contribution in [-0.2, 0) is 14.3 Å². The molecule has 57 heavy (non-hydrogen) atoms. The molecule has 0 aliphatic carbocycles. The van der Waals surface area contributed by atoms with Gasteiger partial charge in [-0.3, -0.25) is 9.59 Å². The number of nitrogens with zero attached hydrogens (tertiary/aromatic N) is 4. The standard InChI is InChI=1S/C41H50F2N8O6/c1-24(15-16-44-39(54)55)18-35(52)51-23-29(42)19-34(51)37-46-22-32(48-37)28-13-9-26(10-14-28)25-7-11-27(12-8-25)31-21-45-36(47-31)33-6-5-17-50(33)38(53)30(20-41(2,3)43)49-40(56)57-4/h7-14,21-22,24,29-30,33-34,44H,5-6,15-20,23H2,1-4H3,(H,45,47)(H,46,48)(H,49,56)(H,54,55)/t24?,29-,30+,33?,34+/m1/s1. The molecule has 14 nitrogen and oxygen atoms in total. The summed E-state index contributed by atoms with van der Waals surface area (Å²) < 4.78 is 33.9. The molecule has 2 aromatic heterocycles. The minimum atomic E-state index is -1.69. The van der Waals surface area contributed by atoms with Crippen molar-refractivity contribution in [3.8, 4) is 33.6 Å². The number of carbonyl (C=O) groups excluding carboxylic acids is 3. The van der Waals surface area contributed by atoms with E-state index in [-0.39, 0.29) is 56.1 Å². The molecular formula is C41H50F2N8O6. The van der Waals surface area contributed by atoms with E-state index >= 15 is 0 Å². The summed E-state index contributed by atoms with van der Waals surface area (Å²) in [5.74, 6) is 0.495. The van der Waals surface area contributed by atoms with Crippen molar-refractivity contribution >= 4 is 24.0 Å². The Hall–Kier alpha value is -5.80. The monoisotopic (exact) mass is 788 g/mol. The summed E-state index contributed by atoms with van der Waals surface area (Å²) in [5, 5.41) is 13.6. The van der Waals surface area contributed by atoms with Crippen molar-refractivity contribution in [1.29, 1.82) is 0 Å². The molecule has 2 fully saturated rings. The zero-order valence-electron chi connectivity index (χ0n) is 32.6. The van der Waals surface area contributed by atoms with Crippen molar-refractivity contribution in [3.63, 3.8) is 0 Å². The summed E-state index contributed by atoms with van der Waals surface area (Å²) in [4.78, 5) is 68.4. The average molecular weight is 789 g/mol. The fourth-order valence-corrected chi connectivity index (χ4v) is 7.65. The number of methoxy groups -OCH3 is 1. The third-order valence-corrected chi connectivity index (χ3v) is 10.6. The largest absolute Gasteiger partial charge is 0.465 e. The Morgan fingerprint density at radius 3 is 2.04 bits per heavy atom. The Bertz CT molecular complexity index is 2030. The summed E-state index contributed by atoms with van der Waals surface area (Å²) in [6, 6.07) is 14.0. The van der Waals surface area contributed by atoms with Crippen LogP contribution in [0.3, 0.4) is 0 Å². The van der Waals surface area contributed by atoms with E-state index in [1.165, 1.54) is 25.9 Å². The number of alkyl carbamates (subject to hydrolysis) is 1. The Balaban J connectivity index is 1.08. The molecule has 16 heteroatoms. The molecular weight excluding hydrogens is 738 g/mol. The highest BCUT2D eigenvalue weighted by Crippen LogP contribution is 2.36. The van der Waals surface area contributed by atoms with Crippen LogP contribution in [0.15, 0.2) is 60.9 Å². The minimum Gasteiger partial charge on any atom is -0.465 e. The maximum atomic E-state index is 14.6. The summed E-state index contributed by atoms with van der Waals surface area (Å²) >= 11 is 0. The molecule has 0 bridgehead atoms. The van der Waals surface area contributed by atoms with Gasteiger partial charge in [-0.2, -0.15) is 0 Å². The molecule has 2 aliphatic heterocycles. The first-order valence-corrected chi connectivity index (χ1v) is 19.2. The number of hydrogen-bond donors (Lipinski definition) is 5. The van der Waals surface area contributed by atoms with Crippen molar-refractivity contribution in [1.82, 2.24) is 40.4 Å². The van der Waals surface area contributed by atoms with Gasteiger partial charge in [0.05, 0.1) is 49.5 Å². The molecule has 6 rings (SSSR count). The normalized spacial score (nSPS) is 19.3. The van der Waals surface area contributed by atoms with Crippen LogP contribution in [0, 0.1) is 5.92 Å². The van der Waals surface area contributed by atoms with Gasteiger partial charge in [-0.25, -0.2) is 28.3 Å². The second kappa shape index (κ2) is 17.6. The van der Waals surface area contributed by atoms with Gasteiger partial charge < -0.3 is 40.2 Å². The summed E-state index contributed by atoms with van der Waals surface area (Å²) in [6.07, 6.45) is 2.40. The Kier molecular flexibility index (Phi) is 12.6. The first-order valence-electron chi connectivity index (χ1n) is 19.2. The fourth-order valence-electron chi connectivity index (χ4n) is 7.65. The van der Waals surface area contributed by atoms with Gasteiger partial charge in [0.15, 0.2) is 0 Å². The number of nitrogens with one attached hydrogen (secondary N) is 4. The van der Waals surface area contributed by atoms with E-state index in [2.05, 4.69) is 35.3 Å². The third kappa shape index (κ3) is 10.1. The number of halogens is 2. The maximum Gasteiger partial charge on any atom is 0.407 e. The van der Waals surface area contributed by atoms with Crippen LogP contribution in [0.25, 0.3) is 33.6 Å². The van der Waals surface area contributed by atoms with Crippen molar-refractivity contribution in [2.45, 2.75) is 89.3 Å². The van der Waals surface area contributed by atoms with Crippen LogP contribution in [-0.4, -0.2) is 103 Å². The number of carboxylic acid groups (broad SMARTS) is 1. The second-order valence-electron chi connectivity index (χ2n) is 15.5. The number of alkyl halides is 2. The molecule has 4 heterocycles. The molecule has 4 amide bonds. The van der Waals surface area contributed by atoms with Gasteiger partial charge >= 0.3 is 12.2 Å². The molecule has 2 aliphatic rings. The van der Waals surface area contributed by atoms with E-state index in [9.17, 15) is 28.0 Å². The number of ether oxygens (including phenoxy) is 1. The highest BCUT2D eigenvalue weighted by Gasteiger charge is 2.40. The lowest BCUT2D eigenvalue weighted by atomic mass is 9.99. The number of imidazole rings is 2. The number of benzene rings is 2. The lowest BCUT2D eigenvalue weighted by molar-refractivity contribution is -0.135. The van der Waals surface area contributed by atoms with Gasteiger partial charge in [0.1, 0.15) is 29.5 Å². The number of likely N-dealkylation sites (tertiary alicyclic amines) is 2. The maximum absolute atomic E-state index is 14.6. The Labute approximate surface area is 329 Å². The predicted octanol–water partition coefficient (Wildman–Crippen LogP) is 6.96. The number of rotatable bonds is 14. The van der Waals surface area contributed by atoms with Gasteiger partial charge in [0.2, 0.25) is 11.8 Å². The van der Waals surface area contributed by atoms with Gasteiger partial charge in [-0.1, -0.05) is 55.5 Å². The van der Waals surface area contributed by atoms with Gasteiger partial charge in [-0.15, -0.1) is 0 Å². The van der Waals surface area contributed by atoms with Crippen molar-refractivity contribution in [3.05, 3.63) is 72.6 Å². The lowest BCUT2D eigenvalue weighted by Crippen LogP contribution is -2.50. The highest BCUT2D eigenvalue weighted by atomic mass is 19.1. The first kappa shape index (κ1) is 40.9. The van der Waals surface area contributed by atoms with Crippen molar-refractivity contribution in [2.24, 2.45) is 5.92 Å². The summed E-state index contributed by atoms with van der Waals surface area (Å²) in [6.45, 7) is 5.30. The van der Waals surface area contributed by atoms with E-state index in [4.69, 9.17) is 5.11 Å². The molecule has 5 atom stereocenters. The number of hydrogen-bond acceptors (Lipinski definition) is 7. The number of H-pyrrole nitrogens is 2.